The summed E-state index contributed by atoms with van der Waals surface area (Å²) in [4.78, 5) is 16.5. The molecule has 1 fully saturated rings. The molecule has 0 unspecified atom stereocenters. The van der Waals surface area contributed by atoms with Crippen LogP contribution in [0.5, 0.6) is 0 Å². The first-order valence-electron chi connectivity index (χ1n) is 5.29. The van der Waals surface area contributed by atoms with E-state index in [9.17, 15) is 4.79 Å². The molecule has 0 aliphatic carbocycles. The van der Waals surface area contributed by atoms with E-state index in [4.69, 9.17) is 5.73 Å². The van der Waals surface area contributed by atoms with Crippen molar-refractivity contribution < 1.29 is 4.79 Å². The lowest BCUT2D eigenvalue weighted by Crippen LogP contribution is -2.48. The molecule has 90 valence electrons. The summed E-state index contributed by atoms with van der Waals surface area (Å²) in [7, 11) is 6.00. The number of hydrogen-bond acceptors (Lipinski definition) is 5. The van der Waals surface area contributed by atoms with Crippen molar-refractivity contribution >= 4 is 6.29 Å². The van der Waals surface area contributed by atoms with Crippen LogP contribution in [0.4, 0.5) is 0 Å². The molecule has 5 nitrogen and oxygen atoms in total. The van der Waals surface area contributed by atoms with Crippen molar-refractivity contribution in [2.24, 2.45) is 5.73 Å². The minimum atomic E-state index is 0.568. The highest BCUT2D eigenvalue weighted by molar-refractivity contribution is 5.51. The maximum absolute atomic E-state index is 10.1. The molecule has 15 heavy (non-hydrogen) atoms. The maximum Gasteiger partial charge on any atom is 0.133 e. The third-order valence-corrected chi connectivity index (χ3v) is 2.06. The lowest BCUT2D eigenvalue weighted by Gasteiger charge is -2.32. The number of nitrogens with zero attached hydrogens (tertiary/aromatic N) is 3. The van der Waals surface area contributed by atoms with Gasteiger partial charge in [0.05, 0.1) is 6.54 Å². The van der Waals surface area contributed by atoms with E-state index in [1.807, 2.05) is 26.0 Å². The second-order valence-corrected chi connectivity index (χ2v) is 4.11. The van der Waals surface area contributed by atoms with Crippen LogP contribution in [-0.2, 0) is 4.79 Å². The number of hydrogen-bond donors (Lipinski definition) is 1. The first-order valence-corrected chi connectivity index (χ1v) is 5.29. The van der Waals surface area contributed by atoms with E-state index in [-0.39, 0.29) is 0 Å². The van der Waals surface area contributed by atoms with Gasteiger partial charge in [-0.2, -0.15) is 0 Å². The molecule has 1 aliphatic rings. The molecule has 0 aromatic heterocycles. The number of carbonyl (C=O) groups is 1. The van der Waals surface area contributed by atoms with E-state index < -0.39 is 0 Å². The Morgan fingerprint density at radius 1 is 1.13 bits per heavy atom. The normalized spacial score (nSPS) is 18.5. The lowest BCUT2D eigenvalue weighted by molar-refractivity contribution is -0.109. The highest BCUT2D eigenvalue weighted by atomic mass is 16.1. The minimum absolute atomic E-state index is 0.568. The molecule has 0 aromatic rings. The highest BCUT2D eigenvalue weighted by Crippen LogP contribution is 1.97. The van der Waals surface area contributed by atoms with Crippen LogP contribution >= 0.6 is 0 Å². The molecule has 0 saturated carbocycles. The number of piperazine rings is 1. The van der Waals surface area contributed by atoms with Crippen LogP contribution < -0.4 is 5.73 Å². The number of rotatable bonds is 3. The fourth-order valence-corrected chi connectivity index (χ4v) is 1.26. The van der Waals surface area contributed by atoms with Crippen molar-refractivity contribution in [3.63, 3.8) is 0 Å². The van der Waals surface area contributed by atoms with Crippen LogP contribution in [0, 0.1) is 0 Å². The molecular formula is C10H24N4O. The SMILES string of the molecule is CN(C)C.NCN1CCN(CC=O)CC1. The van der Waals surface area contributed by atoms with Crippen LogP contribution in [0.1, 0.15) is 0 Å². The Morgan fingerprint density at radius 3 is 1.87 bits per heavy atom. The van der Waals surface area contributed by atoms with Gasteiger partial charge in [-0.25, -0.2) is 0 Å². The fraction of sp³-hybridized carbons (Fsp3) is 0.900. The van der Waals surface area contributed by atoms with E-state index >= 15 is 0 Å². The zero-order chi connectivity index (χ0) is 11.7. The summed E-state index contributed by atoms with van der Waals surface area (Å²) in [6, 6.07) is 0. The topological polar surface area (TPSA) is 52.8 Å². The highest BCUT2D eigenvalue weighted by Gasteiger charge is 2.13. The first-order chi connectivity index (χ1) is 7.10. The predicted octanol–water partition coefficient (Wildman–Crippen LogP) is -1.10. The van der Waals surface area contributed by atoms with Gasteiger partial charge in [-0.05, 0) is 21.1 Å². The Balaban J connectivity index is 0.000000423. The van der Waals surface area contributed by atoms with Crippen molar-refractivity contribution in [3.8, 4) is 0 Å². The van der Waals surface area contributed by atoms with Gasteiger partial charge < -0.3 is 15.4 Å². The van der Waals surface area contributed by atoms with Crippen LogP contribution in [-0.4, -0.2) is 81.5 Å². The first kappa shape index (κ1) is 14.5. The molecule has 5 heteroatoms. The Morgan fingerprint density at radius 2 is 1.53 bits per heavy atom. The summed E-state index contributed by atoms with van der Waals surface area (Å²) in [5.74, 6) is 0. The summed E-state index contributed by atoms with van der Waals surface area (Å²) in [6.07, 6.45) is 0.956. The summed E-state index contributed by atoms with van der Waals surface area (Å²) >= 11 is 0. The molecule has 0 spiro atoms. The zero-order valence-electron chi connectivity index (χ0n) is 10.1. The number of nitrogens with two attached hydrogens (primary N) is 1. The molecule has 0 radical (unpaired) electrons. The van der Waals surface area contributed by atoms with Crippen LogP contribution in [0.3, 0.4) is 0 Å². The van der Waals surface area contributed by atoms with Crippen molar-refractivity contribution in [1.29, 1.82) is 0 Å². The van der Waals surface area contributed by atoms with Crippen LogP contribution in [0.15, 0.2) is 0 Å². The largest absolute Gasteiger partial charge is 0.318 e. The van der Waals surface area contributed by atoms with Gasteiger partial charge in [-0.15, -0.1) is 0 Å². The third kappa shape index (κ3) is 8.50. The number of carbonyl (C=O) groups excluding carboxylic acids is 1. The molecule has 1 heterocycles. The zero-order valence-corrected chi connectivity index (χ0v) is 10.1. The van der Waals surface area contributed by atoms with Crippen LogP contribution in [0.2, 0.25) is 0 Å². The summed E-state index contributed by atoms with van der Waals surface area (Å²) in [5, 5.41) is 0. The lowest BCUT2D eigenvalue weighted by atomic mass is 10.3. The molecule has 1 rings (SSSR count). The molecule has 1 aliphatic heterocycles. The Labute approximate surface area is 92.8 Å². The second kappa shape index (κ2) is 8.79. The third-order valence-electron chi connectivity index (χ3n) is 2.06. The summed E-state index contributed by atoms with van der Waals surface area (Å²) in [6.45, 7) is 5.12. The molecular weight excluding hydrogens is 192 g/mol. The van der Waals surface area contributed by atoms with E-state index in [0.717, 1.165) is 32.5 Å². The average molecular weight is 216 g/mol. The standard InChI is InChI=1S/C7H15N3O.C3H9N/c8-7-10-3-1-9(2-4-10)5-6-11;1-4(2)3/h6H,1-5,7-8H2;1-3H3. The van der Waals surface area contributed by atoms with Crippen molar-refractivity contribution in [2.45, 2.75) is 0 Å². The Hall–Kier alpha value is -0.490. The molecule has 2 N–H and O–H groups in total. The van der Waals surface area contributed by atoms with Gasteiger partial charge >= 0.3 is 0 Å². The van der Waals surface area contributed by atoms with E-state index in [1.54, 1.807) is 0 Å². The van der Waals surface area contributed by atoms with Gasteiger partial charge in [0.15, 0.2) is 0 Å². The van der Waals surface area contributed by atoms with Gasteiger partial charge in [0.25, 0.3) is 0 Å². The van der Waals surface area contributed by atoms with Crippen LogP contribution in [0.25, 0.3) is 0 Å². The molecule has 0 amide bonds. The monoisotopic (exact) mass is 216 g/mol. The quantitative estimate of drug-likeness (QED) is 0.607. The molecule has 0 atom stereocenters. The predicted molar refractivity (Wildman–Crippen MR) is 62.7 cm³/mol. The van der Waals surface area contributed by atoms with Gasteiger partial charge in [-0.3, -0.25) is 9.80 Å². The molecule has 0 bridgehead atoms. The second-order valence-electron chi connectivity index (χ2n) is 4.11. The van der Waals surface area contributed by atoms with Gasteiger partial charge in [0.2, 0.25) is 0 Å². The fourth-order valence-electron chi connectivity index (χ4n) is 1.26. The molecule has 0 aromatic carbocycles. The van der Waals surface area contributed by atoms with E-state index in [0.29, 0.717) is 13.2 Å². The van der Waals surface area contributed by atoms with E-state index in [1.165, 1.54) is 0 Å². The minimum Gasteiger partial charge on any atom is -0.318 e. The van der Waals surface area contributed by atoms with Crippen molar-refractivity contribution in [3.05, 3.63) is 0 Å². The summed E-state index contributed by atoms with van der Waals surface area (Å²) in [5.41, 5.74) is 5.46. The Kier molecular flexibility index (Phi) is 8.50. The smallest absolute Gasteiger partial charge is 0.133 e. The number of aldehydes is 1. The van der Waals surface area contributed by atoms with Gasteiger partial charge in [0.1, 0.15) is 6.29 Å². The van der Waals surface area contributed by atoms with Gasteiger partial charge in [0, 0.05) is 32.8 Å². The Bertz CT molecular complexity index is 153. The molecule has 1 saturated heterocycles. The average Bonchev–Trinajstić information content (AvgIpc) is 2.19. The van der Waals surface area contributed by atoms with Crippen molar-refractivity contribution in [1.82, 2.24) is 14.7 Å². The maximum atomic E-state index is 10.1. The summed E-state index contributed by atoms with van der Waals surface area (Å²) < 4.78 is 0. The van der Waals surface area contributed by atoms with E-state index in [2.05, 4.69) is 9.80 Å². The van der Waals surface area contributed by atoms with Gasteiger partial charge in [-0.1, -0.05) is 0 Å². The van der Waals surface area contributed by atoms with Crippen molar-refractivity contribution in [2.75, 3.05) is 60.5 Å².